The van der Waals surface area contributed by atoms with Crippen LogP contribution in [0.25, 0.3) is 11.1 Å². The molecule has 1 saturated carbocycles. The Labute approximate surface area is 324 Å². The molecule has 8 heteroatoms. The third-order valence-corrected chi connectivity index (χ3v) is 14.9. The van der Waals surface area contributed by atoms with Gasteiger partial charge in [-0.05, 0) is 85.5 Å². The fourth-order valence-electron chi connectivity index (χ4n) is 6.91. The highest BCUT2D eigenvalue weighted by Crippen LogP contribution is 2.51. The van der Waals surface area contributed by atoms with Crippen molar-refractivity contribution in [3.63, 3.8) is 0 Å². The molecule has 0 radical (unpaired) electrons. The van der Waals surface area contributed by atoms with Gasteiger partial charge in [-0.15, -0.1) is 0 Å². The van der Waals surface area contributed by atoms with Gasteiger partial charge in [0.05, 0.1) is 23.3 Å². The first-order valence-electron chi connectivity index (χ1n) is 17.9. The first-order chi connectivity index (χ1) is 26.0. The van der Waals surface area contributed by atoms with E-state index in [2.05, 4.69) is 109 Å². The van der Waals surface area contributed by atoms with E-state index in [1.807, 2.05) is 36.4 Å². The number of carbonyl (C=O) groups excluding carboxylic acids is 1. The van der Waals surface area contributed by atoms with E-state index in [4.69, 9.17) is 37.4 Å². The second kappa shape index (κ2) is 17.8. The van der Waals surface area contributed by atoms with Crippen LogP contribution in [0.4, 0.5) is 0 Å². The van der Waals surface area contributed by atoms with Gasteiger partial charge in [0.25, 0.3) is 0 Å². The van der Waals surface area contributed by atoms with Crippen molar-refractivity contribution in [2.45, 2.75) is 38.2 Å². The molecule has 0 saturated heterocycles. The van der Waals surface area contributed by atoms with Crippen LogP contribution in [-0.2, 0) is 9.53 Å². The van der Waals surface area contributed by atoms with Crippen LogP contribution in [0.3, 0.4) is 0 Å². The van der Waals surface area contributed by atoms with Gasteiger partial charge in [-0.3, -0.25) is 0 Å². The Morgan fingerprint density at radius 2 is 0.962 bits per heavy atom. The van der Waals surface area contributed by atoms with Crippen molar-refractivity contribution in [1.29, 1.82) is 0 Å². The summed E-state index contributed by atoms with van der Waals surface area (Å²) >= 11 is 14.5. The number of carbonyl (C=O) groups is 1. The molecule has 6 aromatic carbocycles. The molecule has 0 atom stereocenters. The van der Waals surface area contributed by atoms with E-state index < -0.39 is 21.8 Å². The number of rotatable bonds is 12. The molecule has 0 aromatic heterocycles. The van der Waals surface area contributed by atoms with Crippen LogP contribution in [0.2, 0.25) is 10.0 Å². The van der Waals surface area contributed by atoms with E-state index in [0.29, 0.717) is 21.5 Å². The predicted octanol–water partition coefficient (Wildman–Crippen LogP) is 9.44. The summed E-state index contributed by atoms with van der Waals surface area (Å²) in [6.07, 6.45) is 5.28. The zero-order chi connectivity index (χ0) is 36.6. The van der Waals surface area contributed by atoms with Crippen LogP contribution in [0, 0.1) is 0 Å². The summed E-state index contributed by atoms with van der Waals surface area (Å²) in [5, 5.41) is 7.61. The lowest BCUT2D eigenvalue weighted by atomic mass is 9.97. The molecular formula is C45H40Cl2O4P2. The molecule has 0 spiro atoms. The topological polar surface area (TPSA) is 44.8 Å². The fraction of sp³-hybridized carbons (Fsp3) is 0.178. The van der Waals surface area contributed by atoms with Crippen LogP contribution < -0.4 is 41.3 Å². The Hall–Kier alpha value is -4.17. The van der Waals surface area contributed by atoms with Gasteiger partial charge in [-0.1, -0.05) is 163 Å². The number of hydrogen-bond acceptors (Lipinski definition) is 4. The highest BCUT2D eigenvalue weighted by atomic mass is 35.5. The number of halogens is 2. The van der Waals surface area contributed by atoms with Gasteiger partial charge < -0.3 is 14.2 Å². The van der Waals surface area contributed by atoms with Crippen LogP contribution in [-0.4, -0.2) is 25.8 Å². The summed E-state index contributed by atoms with van der Waals surface area (Å²) < 4.78 is 18.6. The van der Waals surface area contributed by atoms with Gasteiger partial charge in [0, 0.05) is 11.1 Å². The minimum absolute atomic E-state index is 0.00163. The van der Waals surface area contributed by atoms with Gasteiger partial charge in [0.2, 0.25) is 0 Å². The van der Waals surface area contributed by atoms with E-state index in [-0.39, 0.29) is 12.7 Å². The molecule has 1 fully saturated rings. The van der Waals surface area contributed by atoms with Crippen molar-refractivity contribution >= 4 is 76.8 Å². The average Bonchev–Trinajstić information content (AvgIpc) is 3.21. The lowest BCUT2D eigenvalue weighted by molar-refractivity contribution is -0.142. The summed E-state index contributed by atoms with van der Waals surface area (Å²) in [6.45, 7) is -0.317. The van der Waals surface area contributed by atoms with E-state index in [9.17, 15) is 4.79 Å². The maximum absolute atomic E-state index is 12.7. The molecule has 0 N–H and O–H groups in total. The zero-order valence-corrected chi connectivity index (χ0v) is 32.8. The minimum atomic E-state index is -1.18. The van der Waals surface area contributed by atoms with Crippen LogP contribution in [0.5, 0.6) is 11.5 Å². The third kappa shape index (κ3) is 8.48. The maximum Gasteiger partial charge on any atom is 0.343 e. The second-order valence-corrected chi connectivity index (χ2v) is 18.0. The average molecular weight is 778 g/mol. The van der Waals surface area contributed by atoms with Crippen molar-refractivity contribution in [1.82, 2.24) is 0 Å². The van der Waals surface area contributed by atoms with Gasteiger partial charge in [-0.25, -0.2) is 4.79 Å². The summed E-state index contributed by atoms with van der Waals surface area (Å²) in [5.41, 5.74) is 1.60. The number of ether oxygens (including phenoxy) is 3. The Morgan fingerprint density at radius 1 is 0.566 bits per heavy atom. The Balaban J connectivity index is 1.60. The molecule has 0 unspecified atom stereocenters. The van der Waals surface area contributed by atoms with Crippen molar-refractivity contribution in [3.8, 4) is 22.6 Å². The van der Waals surface area contributed by atoms with Gasteiger partial charge in [-0.2, -0.15) is 0 Å². The van der Waals surface area contributed by atoms with E-state index >= 15 is 0 Å². The number of benzene rings is 6. The molecular weight excluding hydrogens is 737 g/mol. The summed E-state index contributed by atoms with van der Waals surface area (Å²) in [5.74, 6) is 0.492. The Morgan fingerprint density at radius 3 is 1.38 bits per heavy atom. The molecule has 0 aliphatic heterocycles. The number of hydrogen-bond donors (Lipinski definition) is 0. The molecule has 268 valence electrons. The smallest absolute Gasteiger partial charge is 0.343 e. The monoisotopic (exact) mass is 776 g/mol. The summed E-state index contributed by atoms with van der Waals surface area (Å²) in [6, 6.07) is 50.3. The van der Waals surface area contributed by atoms with Crippen LogP contribution in [0.1, 0.15) is 32.1 Å². The minimum Gasteiger partial charge on any atom is -0.488 e. The van der Waals surface area contributed by atoms with Crippen LogP contribution in [0.15, 0.2) is 146 Å². The first-order valence-corrected chi connectivity index (χ1v) is 21.3. The molecule has 0 amide bonds. The Kier molecular flexibility index (Phi) is 12.5. The van der Waals surface area contributed by atoms with Crippen molar-refractivity contribution in [2.24, 2.45) is 0 Å². The molecule has 1 aliphatic carbocycles. The van der Waals surface area contributed by atoms with Gasteiger partial charge >= 0.3 is 5.97 Å². The largest absolute Gasteiger partial charge is 0.488 e. The normalized spacial score (nSPS) is 13.2. The molecule has 0 heterocycles. The van der Waals surface area contributed by atoms with E-state index in [1.165, 1.54) is 24.1 Å². The molecule has 53 heavy (non-hydrogen) atoms. The second-order valence-electron chi connectivity index (χ2n) is 12.8. The van der Waals surface area contributed by atoms with Crippen LogP contribution >= 0.6 is 39.0 Å². The highest BCUT2D eigenvalue weighted by molar-refractivity contribution is 7.80. The molecule has 4 nitrogen and oxygen atoms in total. The third-order valence-electron chi connectivity index (χ3n) is 9.36. The van der Waals surface area contributed by atoms with Crippen molar-refractivity contribution in [2.75, 3.05) is 13.7 Å². The van der Waals surface area contributed by atoms with Gasteiger partial charge in [0.1, 0.15) is 11.5 Å². The molecule has 6 aromatic rings. The highest BCUT2D eigenvalue weighted by Gasteiger charge is 2.33. The first kappa shape index (κ1) is 37.2. The fourth-order valence-corrected chi connectivity index (χ4v) is 12.2. The lowest BCUT2D eigenvalue weighted by Crippen LogP contribution is -2.28. The zero-order valence-electron chi connectivity index (χ0n) is 29.5. The predicted molar refractivity (Wildman–Crippen MR) is 224 cm³/mol. The maximum atomic E-state index is 12.7. The van der Waals surface area contributed by atoms with Crippen molar-refractivity contribution < 1.29 is 19.0 Å². The van der Waals surface area contributed by atoms with E-state index in [0.717, 1.165) is 58.0 Å². The Bertz CT molecular complexity index is 2050. The molecule has 7 rings (SSSR count). The standard InChI is InChI=1S/C45H40Cl2O4P2/c1-49-41(48)31-50-44-37(46)27-29-39(52(33-19-9-3-10-20-33)34-21-11-4-12-22-34)42(44)43-40(30-28-38(47)45(43)51-32-17-7-2-8-18-32)53(35-23-13-5-14-24-35)36-25-15-6-16-26-36/h3-6,9-16,19-30,32H,2,7-8,17-18,31H2,1H3. The quantitative estimate of drug-likeness (QED) is 0.0918. The summed E-state index contributed by atoms with van der Waals surface area (Å²) in [7, 11) is -0.973. The lowest BCUT2D eigenvalue weighted by Gasteiger charge is -2.31. The van der Waals surface area contributed by atoms with Gasteiger partial charge in [0.15, 0.2) is 6.61 Å². The molecule has 1 aliphatic rings. The van der Waals surface area contributed by atoms with Crippen molar-refractivity contribution in [3.05, 3.63) is 156 Å². The number of methoxy groups -OCH3 is 1. The van der Waals surface area contributed by atoms with E-state index in [1.54, 1.807) is 0 Å². The SMILES string of the molecule is COC(=O)COc1c(Cl)ccc(P(c2ccccc2)c2ccccc2)c1-c1c(P(c2ccccc2)c2ccccc2)ccc(Cl)c1OC1CCCCC1. The molecule has 0 bridgehead atoms. The summed E-state index contributed by atoms with van der Waals surface area (Å²) in [4.78, 5) is 12.7. The number of esters is 1.